The van der Waals surface area contributed by atoms with E-state index in [9.17, 15) is 4.79 Å². The molecule has 0 amide bonds. The summed E-state index contributed by atoms with van der Waals surface area (Å²) in [6, 6.07) is 22.8. The lowest BCUT2D eigenvalue weighted by atomic mass is 9.91. The number of fused-ring (bicyclic) bond motifs is 1. The number of hydrogen-bond acceptors (Lipinski definition) is 1. The minimum absolute atomic E-state index is 0.0554. The van der Waals surface area contributed by atoms with Gasteiger partial charge >= 0.3 is 0 Å². The van der Waals surface area contributed by atoms with Crippen LogP contribution in [0.2, 0.25) is 18.1 Å². The Morgan fingerprint density at radius 3 is 2.04 bits per heavy atom. The second-order valence-corrected chi connectivity index (χ2v) is 12.3. The van der Waals surface area contributed by atoms with Gasteiger partial charge in [-0.05, 0) is 11.1 Å². The molecule has 1 aliphatic rings. The Morgan fingerprint density at radius 2 is 1.43 bits per heavy atom. The number of benzene rings is 2. The number of carbonyl (C=O) groups excluding carboxylic acids is 1. The molecule has 1 nitrogen and oxygen atoms in total. The molecule has 2 heteroatoms. The van der Waals surface area contributed by atoms with Gasteiger partial charge in [0.05, 0.1) is 8.07 Å². The Balaban J connectivity index is 2.36. The molecule has 0 saturated carbocycles. The first-order chi connectivity index (χ1) is 11.1. The van der Waals surface area contributed by atoms with E-state index in [4.69, 9.17) is 0 Å². The third kappa shape index (κ3) is 2.15. The summed E-state index contributed by atoms with van der Waals surface area (Å²) in [6.45, 7) is 7.03. The average molecular weight is 323 g/mol. The maximum Gasteiger partial charge on any atom is 0.164 e. The molecule has 0 spiro atoms. The van der Waals surface area contributed by atoms with Crippen molar-refractivity contribution in [1.29, 1.82) is 0 Å². The van der Waals surface area contributed by atoms with Gasteiger partial charge in [0, 0.05) is 17.0 Å². The molecular formula is C21H26OSi. The number of ketones is 1. The zero-order chi connectivity index (χ0) is 16.5. The van der Waals surface area contributed by atoms with E-state index in [1.54, 1.807) is 0 Å². The number of hydrogen-bond donors (Lipinski definition) is 0. The van der Waals surface area contributed by atoms with Crippen LogP contribution in [0.5, 0.6) is 0 Å². The van der Waals surface area contributed by atoms with Crippen LogP contribution in [-0.2, 0) is 5.04 Å². The molecule has 0 saturated heterocycles. The van der Waals surface area contributed by atoms with E-state index in [0.717, 1.165) is 5.56 Å². The molecule has 1 unspecified atom stereocenters. The van der Waals surface area contributed by atoms with E-state index in [0.29, 0.717) is 12.2 Å². The van der Waals surface area contributed by atoms with Crippen LogP contribution >= 0.6 is 0 Å². The first-order valence-electron chi connectivity index (χ1n) is 8.83. The molecule has 0 heterocycles. The summed E-state index contributed by atoms with van der Waals surface area (Å²) >= 11 is 0. The van der Waals surface area contributed by atoms with Gasteiger partial charge in [0.1, 0.15) is 0 Å². The summed E-state index contributed by atoms with van der Waals surface area (Å²) in [5.41, 5.74) is 3.62. The van der Waals surface area contributed by atoms with E-state index >= 15 is 0 Å². The quantitative estimate of drug-likeness (QED) is 0.654. The molecule has 0 aliphatic heterocycles. The van der Waals surface area contributed by atoms with Crippen molar-refractivity contribution >= 4 is 13.9 Å². The van der Waals surface area contributed by atoms with Crippen LogP contribution in [-0.4, -0.2) is 13.9 Å². The van der Waals surface area contributed by atoms with Gasteiger partial charge in [-0.2, -0.15) is 0 Å². The molecule has 2 aromatic rings. The second kappa shape index (κ2) is 6.08. The highest BCUT2D eigenvalue weighted by atomic mass is 28.3. The molecule has 120 valence electrons. The molecular weight excluding hydrogens is 296 g/mol. The van der Waals surface area contributed by atoms with Crippen LogP contribution in [0.15, 0.2) is 54.6 Å². The highest BCUT2D eigenvalue weighted by molar-refractivity contribution is 6.83. The smallest absolute Gasteiger partial charge is 0.164 e. The summed E-state index contributed by atoms with van der Waals surface area (Å²) in [5, 5.41) is -0.0554. The van der Waals surface area contributed by atoms with Crippen molar-refractivity contribution in [3.8, 4) is 0 Å². The predicted octanol–water partition coefficient (Wildman–Crippen LogP) is 5.61. The largest absolute Gasteiger partial charge is 0.294 e. The Labute approximate surface area is 140 Å². The van der Waals surface area contributed by atoms with Crippen LogP contribution < -0.4 is 0 Å². The first-order valence-corrected chi connectivity index (χ1v) is 11.5. The van der Waals surface area contributed by atoms with Crippen molar-refractivity contribution in [2.45, 2.75) is 50.4 Å². The molecule has 0 N–H and O–H groups in total. The van der Waals surface area contributed by atoms with Crippen molar-refractivity contribution in [1.82, 2.24) is 0 Å². The highest BCUT2D eigenvalue weighted by Gasteiger charge is 2.56. The predicted molar refractivity (Wildman–Crippen MR) is 99.8 cm³/mol. The molecule has 1 atom stereocenters. The Kier molecular flexibility index (Phi) is 4.28. The average Bonchev–Trinajstić information content (AvgIpc) is 2.93. The van der Waals surface area contributed by atoms with Crippen molar-refractivity contribution in [3.05, 3.63) is 71.3 Å². The van der Waals surface area contributed by atoms with Crippen LogP contribution in [0.4, 0.5) is 0 Å². The summed E-state index contributed by atoms with van der Waals surface area (Å²) in [6.07, 6.45) is 0.665. The zero-order valence-corrected chi connectivity index (χ0v) is 15.4. The highest BCUT2D eigenvalue weighted by Crippen LogP contribution is 2.53. The number of Topliss-reactive ketones (excluding diaryl/α,β-unsaturated/α-hetero) is 1. The molecule has 1 aliphatic carbocycles. The normalized spacial score (nSPS) is 20.6. The topological polar surface area (TPSA) is 17.1 Å². The van der Waals surface area contributed by atoms with Gasteiger partial charge in [-0.15, -0.1) is 0 Å². The van der Waals surface area contributed by atoms with Gasteiger partial charge in [-0.25, -0.2) is 0 Å². The van der Waals surface area contributed by atoms with E-state index in [-0.39, 0.29) is 5.04 Å². The van der Waals surface area contributed by atoms with Crippen molar-refractivity contribution in [3.63, 3.8) is 0 Å². The van der Waals surface area contributed by atoms with E-state index < -0.39 is 8.07 Å². The standard InChI is InChI=1S/C21H26OSi/c1-4-23(5-2,6-3)21(17-12-8-7-9-13-17)16-20(22)18-14-10-11-15-19(18)21/h7-15H,4-6,16H2,1-3H3. The molecule has 0 aromatic heterocycles. The zero-order valence-electron chi connectivity index (χ0n) is 14.4. The third-order valence-corrected chi connectivity index (χ3v) is 12.9. The van der Waals surface area contributed by atoms with Gasteiger partial charge in [0.25, 0.3) is 0 Å². The molecule has 23 heavy (non-hydrogen) atoms. The fourth-order valence-electron chi connectivity index (χ4n) is 4.94. The van der Waals surface area contributed by atoms with Crippen molar-refractivity contribution in [2.75, 3.05) is 0 Å². The van der Waals surface area contributed by atoms with Gasteiger partial charge in [-0.1, -0.05) is 93.5 Å². The van der Waals surface area contributed by atoms with Crippen molar-refractivity contribution in [2.24, 2.45) is 0 Å². The second-order valence-electron chi connectivity index (χ2n) is 6.76. The van der Waals surface area contributed by atoms with Gasteiger partial charge in [0.15, 0.2) is 5.78 Å². The van der Waals surface area contributed by atoms with Crippen LogP contribution in [0.3, 0.4) is 0 Å². The Bertz CT molecular complexity index is 695. The third-order valence-electron chi connectivity index (χ3n) is 6.32. The number of carbonyl (C=O) groups is 1. The van der Waals surface area contributed by atoms with Gasteiger partial charge in [-0.3, -0.25) is 4.79 Å². The maximum absolute atomic E-state index is 12.9. The van der Waals surface area contributed by atoms with Crippen LogP contribution in [0.25, 0.3) is 0 Å². The van der Waals surface area contributed by atoms with E-state index in [2.05, 4.69) is 63.2 Å². The first kappa shape index (κ1) is 16.2. The molecule has 0 bridgehead atoms. The molecule has 0 fully saturated rings. The molecule has 0 radical (unpaired) electrons. The lowest BCUT2D eigenvalue weighted by Gasteiger charge is -2.47. The van der Waals surface area contributed by atoms with E-state index in [1.165, 1.54) is 29.3 Å². The molecule has 2 aromatic carbocycles. The van der Waals surface area contributed by atoms with Crippen molar-refractivity contribution < 1.29 is 4.79 Å². The minimum Gasteiger partial charge on any atom is -0.294 e. The Morgan fingerprint density at radius 1 is 0.870 bits per heavy atom. The fraction of sp³-hybridized carbons (Fsp3) is 0.381. The molecule has 3 rings (SSSR count). The van der Waals surface area contributed by atoms with Crippen LogP contribution in [0.1, 0.15) is 48.7 Å². The van der Waals surface area contributed by atoms with Gasteiger partial charge in [0.2, 0.25) is 0 Å². The lowest BCUT2D eigenvalue weighted by Crippen LogP contribution is -2.54. The maximum atomic E-state index is 12.9. The fourth-order valence-corrected chi connectivity index (χ4v) is 10.4. The monoisotopic (exact) mass is 322 g/mol. The summed E-state index contributed by atoms with van der Waals surface area (Å²) in [7, 11) is -1.69. The van der Waals surface area contributed by atoms with E-state index in [1.807, 2.05) is 12.1 Å². The van der Waals surface area contributed by atoms with Gasteiger partial charge < -0.3 is 0 Å². The Hall–Kier alpha value is -1.67. The summed E-state index contributed by atoms with van der Waals surface area (Å²) in [5.74, 6) is 0.330. The SMILES string of the molecule is CC[Si](CC)(CC)C1(c2ccccc2)CC(=O)c2ccccc21. The summed E-state index contributed by atoms with van der Waals surface area (Å²) < 4.78 is 0. The lowest BCUT2D eigenvalue weighted by molar-refractivity contribution is 0.0987. The number of rotatable bonds is 5. The minimum atomic E-state index is -1.69. The summed E-state index contributed by atoms with van der Waals surface area (Å²) in [4.78, 5) is 12.9. The van der Waals surface area contributed by atoms with Crippen LogP contribution in [0, 0.1) is 0 Å².